The fraction of sp³-hybridized carbons (Fsp3) is 0.0968. The normalized spacial score (nSPS) is 13.5. The number of rotatable bonds is 5. The molecule has 4 aromatic carbocycles. The molecule has 0 fully saturated rings. The Hall–Kier alpha value is -4.62. The molecule has 0 atom stereocenters. The Morgan fingerprint density at radius 1 is 0.800 bits per heavy atom. The minimum atomic E-state index is -1.21. The third-order valence-corrected chi connectivity index (χ3v) is 6.61. The van der Waals surface area contributed by atoms with Gasteiger partial charge in [0.1, 0.15) is 0 Å². The van der Waals surface area contributed by atoms with E-state index in [9.17, 15) is 9.90 Å². The Bertz CT molecular complexity index is 1460. The Kier molecular flexibility index (Phi) is 5.47. The summed E-state index contributed by atoms with van der Waals surface area (Å²) in [7, 11) is 0. The lowest BCUT2D eigenvalue weighted by molar-refractivity contribution is -0.132. The maximum atomic E-state index is 11.3. The van der Waals surface area contributed by atoms with Crippen molar-refractivity contribution >= 4 is 29.1 Å². The average molecular weight is 457 g/mol. The van der Waals surface area contributed by atoms with Gasteiger partial charge < -0.3 is 10.0 Å². The van der Waals surface area contributed by atoms with Crippen molar-refractivity contribution in [1.29, 1.82) is 0 Å². The van der Waals surface area contributed by atoms with Gasteiger partial charge >= 0.3 is 5.97 Å². The maximum absolute atomic E-state index is 11.3. The summed E-state index contributed by atoms with van der Waals surface area (Å²) >= 11 is 0. The predicted octanol–water partition coefficient (Wildman–Crippen LogP) is 7.81. The molecule has 4 nitrogen and oxygen atoms in total. The number of carboxylic acid groups (broad SMARTS) is 1. The molecule has 0 spiro atoms. The quantitative estimate of drug-likeness (QED) is 0.246. The number of carboxylic acids is 1. The van der Waals surface area contributed by atoms with Gasteiger partial charge in [-0.1, -0.05) is 74.5 Å². The average Bonchev–Trinajstić information content (AvgIpc) is 3.10. The van der Waals surface area contributed by atoms with Crippen molar-refractivity contribution in [3.8, 4) is 11.1 Å². The molecule has 0 unspecified atom stereocenters. The third-order valence-electron chi connectivity index (χ3n) is 6.61. The lowest BCUT2D eigenvalue weighted by Gasteiger charge is -2.28. The van der Waals surface area contributed by atoms with Crippen molar-refractivity contribution in [2.75, 3.05) is 4.90 Å². The van der Waals surface area contributed by atoms with Crippen LogP contribution in [0.2, 0.25) is 0 Å². The first-order valence-electron chi connectivity index (χ1n) is 11.4. The minimum Gasteiger partial charge on any atom is -0.486 e. The van der Waals surface area contributed by atoms with Gasteiger partial charge in [0.05, 0.1) is 6.57 Å². The Morgan fingerprint density at radius 2 is 1.34 bits per heavy atom. The van der Waals surface area contributed by atoms with E-state index < -0.39 is 5.97 Å². The summed E-state index contributed by atoms with van der Waals surface area (Å²) in [6.07, 6.45) is 1.44. The lowest BCUT2D eigenvalue weighted by Crippen LogP contribution is -2.16. The molecule has 0 radical (unpaired) electrons. The van der Waals surface area contributed by atoms with Gasteiger partial charge in [-0.15, -0.1) is 0 Å². The second kappa shape index (κ2) is 8.62. The van der Waals surface area contributed by atoms with E-state index in [4.69, 9.17) is 6.57 Å². The van der Waals surface area contributed by atoms with Crippen molar-refractivity contribution in [1.82, 2.24) is 0 Å². The number of hydrogen-bond acceptors (Lipinski definition) is 2. The van der Waals surface area contributed by atoms with Crippen LogP contribution in [0.5, 0.6) is 0 Å². The van der Waals surface area contributed by atoms with Gasteiger partial charge in [-0.2, -0.15) is 0 Å². The largest absolute Gasteiger partial charge is 0.486 e. The van der Waals surface area contributed by atoms with Crippen molar-refractivity contribution in [3.63, 3.8) is 0 Å². The summed E-state index contributed by atoms with van der Waals surface area (Å²) in [5.74, 6) is -1.21. The highest BCUT2D eigenvalue weighted by atomic mass is 16.4. The number of carbonyl (C=O) groups is 1. The molecule has 1 aliphatic rings. The predicted molar refractivity (Wildman–Crippen MR) is 141 cm³/mol. The van der Waals surface area contributed by atoms with Gasteiger partial charge in [-0.05, 0) is 70.3 Å². The molecule has 0 amide bonds. The molecule has 1 N–H and O–H groups in total. The molecule has 4 heteroatoms. The van der Waals surface area contributed by atoms with Gasteiger partial charge in [0.2, 0.25) is 0 Å². The molecular weight excluding hydrogens is 432 g/mol. The van der Waals surface area contributed by atoms with Crippen LogP contribution >= 0.6 is 0 Å². The maximum Gasteiger partial charge on any atom is 0.333 e. The monoisotopic (exact) mass is 456 g/mol. The highest BCUT2D eigenvalue weighted by Crippen LogP contribution is 2.51. The summed E-state index contributed by atoms with van der Waals surface area (Å²) in [6, 6.07) is 33.1. The molecule has 0 bridgehead atoms. The Morgan fingerprint density at radius 3 is 1.89 bits per heavy atom. The SMILES string of the molecule is [C-]#[N+]/C(=C\c1ccc2c(c1)C(C)(C)c1cc(N(c3ccccc3)c3ccccc3)ccc1-2)C(=O)O. The van der Waals surface area contributed by atoms with E-state index in [0.717, 1.165) is 28.2 Å². The smallest absolute Gasteiger partial charge is 0.333 e. The number of fused-ring (bicyclic) bond motifs is 3. The number of anilines is 3. The van der Waals surface area contributed by atoms with Gasteiger partial charge in [0, 0.05) is 22.5 Å². The molecule has 35 heavy (non-hydrogen) atoms. The van der Waals surface area contributed by atoms with Gasteiger partial charge in [0.15, 0.2) is 0 Å². The molecule has 4 aromatic rings. The van der Waals surface area contributed by atoms with E-state index in [1.54, 1.807) is 0 Å². The molecular formula is C31H24N2O2. The van der Waals surface area contributed by atoms with Crippen LogP contribution in [0, 0.1) is 6.57 Å². The van der Waals surface area contributed by atoms with Crippen LogP contribution in [-0.4, -0.2) is 11.1 Å². The van der Waals surface area contributed by atoms with Crippen LogP contribution in [0.25, 0.3) is 22.0 Å². The number of nitrogens with zero attached hydrogens (tertiary/aromatic N) is 2. The van der Waals surface area contributed by atoms with Crippen LogP contribution < -0.4 is 4.90 Å². The third kappa shape index (κ3) is 3.88. The van der Waals surface area contributed by atoms with Crippen LogP contribution in [0.15, 0.2) is 103 Å². The molecule has 0 aliphatic heterocycles. The first-order chi connectivity index (χ1) is 16.9. The van der Waals surface area contributed by atoms with E-state index in [-0.39, 0.29) is 11.1 Å². The first-order valence-corrected chi connectivity index (χ1v) is 11.4. The fourth-order valence-electron chi connectivity index (χ4n) is 4.87. The highest BCUT2D eigenvalue weighted by Gasteiger charge is 2.36. The molecule has 170 valence electrons. The van der Waals surface area contributed by atoms with Gasteiger partial charge in [0.25, 0.3) is 5.70 Å². The summed E-state index contributed by atoms with van der Waals surface area (Å²) in [6.45, 7) is 11.5. The fourth-order valence-corrected chi connectivity index (χ4v) is 4.87. The summed E-state index contributed by atoms with van der Waals surface area (Å²) < 4.78 is 0. The van der Waals surface area contributed by atoms with Gasteiger partial charge in [-0.3, -0.25) is 4.79 Å². The lowest BCUT2D eigenvalue weighted by atomic mass is 9.81. The summed E-state index contributed by atoms with van der Waals surface area (Å²) in [4.78, 5) is 16.7. The second-order valence-electron chi connectivity index (χ2n) is 9.11. The highest BCUT2D eigenvalue weighted by molar-refractivity contribution is 5.94. The Labute approximate surface area is 205 Å². The number of hydrogen-bond donors (Lipinski definition) is 1. The van der Waals surface area contributed by atoms with Crippen LogP contribution in [0.4, 0.5) is 17.1 Å². The van der Waals surface area contributed by atoms with Crippen molar-refractivity contribution in [2.45, 2.75) is 19.3 Å². The van der Waals surface area contributed by atoms with E-state index in [0.29, 0.717) is 5.56 Å². The number of benzene rings is 4. The standard InChI is InChI=1S/C31H24N2O2/c1-31(2)27-18-21(19-29(32-3)30(34)35)14-16-25(27)26-17-15-24(20-28(26)31)33(22-10-6-4-7-11-22)23-12-8-5-9-13-23/h4-20H,1-2H3,(H,34,35)/b29-19-. The molecule has 0 aromatic heterocycles. The van der Waals surface area contributed by atoms with E-state index >= 15 is 0 Å². The molecule has 0 saturated heterocycles. The Balaban J connectivity index is 1.62. The van der Waals surface area contributed by atoms with Crippen LogP contribution in [0.3, 0.4) is 0 Å². The van der Waals surface area contributed by atoms with Crippen LogP contribution in [0.1, 0.15) is 30.5 Å². The summed E-state index contributed by atoms with van der Waals surface area (Å²) in [5.41, 5.74) is 8.03. The van der Waals surface area contributed by atoms with Crippen molar-refractivity contribution in [3.05, 3.63) is 131 Å². The minimum absolute atomic E-state index is 0.287. The zero-order valence-corrected chi connectivity index (χ0v) is 19.6. The zero-order valence-electron chi connectivity index (χ0n) is 19.6. The molecule has 0 saturated carbocycles. The van der Waals surface area contributed by atoms with E-state index in [1.807, 2.05) is 54.6 Å². The number of aliphatic carboxylic acids is 1. The molecule has 1 aliphatic carbocycles. The van der Waals surface area contributed by atoms with Crippen molar-refractivity contribution in [2.24, 2.45) is 0 Å². The topological polar surface area (TPSA) is 44.9 Å². The zero-order chi connectivity index (χ0) is 24.6. The van der Waals surface area contributed by atoms with Crippen molar-refractivity contribution < 1.29 is 9.90 Å². The van der Waals surface area contributed by atoms with E-state index in [2.05, 4.69) is 66.1 Å². The summed E-state index contributed by atoms with van der Waals surface area (Å²) in [5, 5.41) is 9.26. The van der Waals surface area contributed by atoms with E-state index in [1.165, 1.54) is 17.2 Å². The molecule has 5 rings (SSSR count). The number of para-hydroxylation sites is 2. The van der Waals surface area contributed by atoms with Crippen LogP contribution in [-0.2, 0) is 10.2 Å². The van der Waals surface area contributed by atoms with Gasteiger partial charge in [-0.25, -0.2) is 4.85 Å². The molecule has 0 heterocycles. The first kappa shape index (κ1) is 22.2. The second-order valence-corrected chi connectivity index (χ2v) is 9.11.